The summed E-state index contributed by atoms with van der Waals surface area (Å²) in [6.45, 7) is 2.89. The molecule has 156 valence electrons. The molecule has 7 heteroatoms. The third-order valence-electron chi connectivity index (χ3n) is 5.04. The van der Waals surface area contributed by atoms with Crippen molar-refractivity contribution in [2.24, 2.45) is 10.9 Å². The first-order chi connectivity index (χ1) is 13.5. The lowest BCUT2D eigenvalue weighted by Crippen LogP contribution is -2.36. The topological polar surface area (TPSA) is 65.5 Å². The molecule has 0 spiro atoms. The average molecular weight is 510 g/mol. The Morgan fingerprint density at radius 1 is 1.10 bits per heavy atom. The number of halogens is 2. The summed E-state index contributed by atoms with van der Waals surface area (Å²) < 4.78 is 13.4. The molecule has 0 heterocycles. The molecular weight excluding hydrogens is 482 g/mol. The van der Waals surface area contributed by atoms with E-state index in [1.807, 2.05) is 30.3 Å². The first-order valence-electron chi connectivity index (χ1n) is 9.64. The highest BCUT2D eigenvalue weighted by atomic mass is 127. The predicted octanol–water partition coefficient (Wildman–Crippen LogP) is 4.36. The van der Waals surface area contributed by atoms with Gasteiger partial charge in [-0.15, -0.1) is 24.0 Å². The first kappa shape index (κ1) is 23.1. The van der Waals surface area contributed by atoms with Gasteiger partial charge in [-0.25, -0.2) is 4.39 Å². The van der Waals surface area contributed by atoms with Gasteiger partial charge in [0.15, 0.2) is 5.96 Å². The van der Waals surface area contributed by atoms with E-state index in [1.165, 1.54) is 6.07 Å². The van der Waals surface area contributed by atoms with E-state index in [0.717, 1.165) is 36.1 Å². The van der Waals surface area contributed by atoms with Crippen LogP contribution in [0.1, 0.15) is 36.0 Å². The van der Waals surface area contributed by atoms with E-state index in [1.54, 1.807) is 20.0 Å². The minimum Gasteiger partial charge on any atom is -0.352 e. The van der Waals surface area contributed by atoms with Gasteiger partial charge in [0.1, 0.15) is 5.82 Å². The fourth-order valence-corrected chi connectivity index (χ4v) is 3.08. The third-order valence-corrected chi connectivity index (χ3v) is 5.04. The number of amides is 1. The Hall–Kier alpha value is -2.16. The molecule has 0 radical (unpaired) electrons. The Kier molecular flexibility index (Phi) is 8.88. The number of hydrogen-bond donors (Lipinski definition) is 3. The van der Waals surface area contributed by atoms with Crippen LogP contribution in [0.3, 0.4) is 0 Å². The largest absolute Gasteiger partial charge is 0.352 e. The fourth-order valence-electron chi connectivity index (χ4n) is 3.08. The number of nitrogens with one attached hydrogen (secondary N) is 3. The van der Waals surface area contributed by atoms with Crippen LogP contribution in [0, 0.1) is 18.7 Å². The van der Waals surface area contributed by atoms with Gasteiger partial charge in [-0.3, -0.25) is 9.79 Å². The van der Waals surface area contributed by atoms with Crippen LogP contribution in [-0.2, 0) is 17.9 Å². The number of carbonyl (C=O) groups excluding carboxylic acids is 1. The highest BCUT2D eigenvalue weighted by Crippen LogP contribution is 2.27. The molecule has 5 nitrogen and oxygen atoms in total. The maximum atomic E-state index is 13.4. The van der Waals surface area contributed by atoms with Crippen LogP contribution < -0.4 is 16.0 Å². The molecule has 1 aliphatic carbocycles. The maximum Gasteiger partial charge on any atom is 0.227 e. The Morgan fingerprint density at radius 2 is 1.79 bits per heavy atom. The van der Waals surface area contributed by atoms with Gasteiger partial charge in [0, 0.05) is 31.7 Å². The molecule has 0 atom stereocenters. The Morgan fingerprint density at radius 3 is 2.38 bits per heavy atom. The SMILES string of the molecule is CN=C(NCc1cccc(NC(=O)C2CCC2)c1)NCc1ccc(F)c(C)c1.I. The highest BCUT2D eigenvalue weighted by molar-refractivity contribution is 14.0. The summed E-state index contributed by atoms with van der Waals surface area (Å²) in [5.41, 5.74) is 3.48. The molecule has 0 unspecified atom stereocenters. The van der Waals surface area contributed by atoms with Gasteiger partial charge >= 0.3 is 0 Å². The van der Waals surface area contributed by atoms with Crippen molar-refractivity contribution in [2.75, 3.05) is 12.4 Å². The summed E-state index contributed by atoms with van der Waals surface area (Å²) in [5.74, 6) is 0.741. The van der Waals surface area contributed by atoms with E-state index >= 15 is 0 Å². The Bertz CT molecular complexity index is 868. The second-order valence-corrected chi connectivity index (χ2v) is 7.18. The van der Waals surface area contributed by atoms with Crippen molar-refractivity contribution in [3.63, 3.8) is 0 Å². The zero-order valence-corrected chi connectivity index (χ0v) is 19.1. The number of nitrogens with zero attached hydrogens (tertiary/aromatic N) is 1. The van der Waals surface area contributed by atoms with Gasteiger partial charge in [0.25, 0.3) is 0 Å². The number of benzene rings is 2. The number of guanidine groups is 1. The fraction of sp³-hybridized carbons (Fsp3) is 0.364. The van der Waals surface area contributed by atoms with E-state index in [-0.39, 0.29) is 41.6 Å². The molecular formula is C22H28FIN4O. The molecule has 0 aromatic heterocycles. The van der Waals surface area contributed by atoms with Crippen LogP contribution in [-0.4, -0.2) is 18.9 Å². The quantitative estimate of drug-likeness (QED) is 0.308. The van der Waals surface area contributed by atoms with Crippen molar-refractivity contribution in [3.8, 4) is 0 Å². The Balaban J connectivity index is 0.00000300. The van der Waals surface area contributed by atoms with Crippen molar-refractivity contribution in [3.05, 3.63) is 65.0 Å². The molecule has 1 saturated carbocycles. The van der Waals surface area contributed by atoms with Crippen LogP contribution in [0.5, 0.6) is 0 Å². The number of aliphatic imine (C=N–C) groups is 1. The molecule has 0 bridgehead atoms. The molecule has 1 aliphatic rings. The van der Waals surface area contributed by atoms with Crippen molar-refractivity contribution in [2.45, 2.75) is 39.3 Å². The zero-order chi connectivity index (χ0) is 19.9. The highest BCUT2D eigenvalue weighted by Gasteiger charge is 2.25. The lowest BCUT2D eigenvalue weighted by Gasteiger charge is -2.24. The van der Waals surface area contributed by atoms with Crippen LogP contribution >= 0.6 is 24.0 Å². The van der Waals surface area contributed by atoms with Crippen LogP contribution in [0.4, 0.5) is 10.1 Å². The van der Waals surface area contributed by atoms with Crippen molar-refractivity contribution < 1.29 is 9.18 Å². The van der Waals surface area contributed by atoms with Crippen LogP contribution in [0.2, 0.25) is 0 Å². The van der Waals surface area contributed by atoms with Gasteiger partial charge in [0.2, 0.25) is 5.91 Å². The van der Waals surface area contributed by atoms with Gasteiger partial charge in [-0.2, -0.15) is 0 Å². The third kappa shape index (κ3) is 6.69. The van der Waals surface area contributed by atoms with Crippen molar-refractivity contribution in [1.29, 1.82) is 0 Å². The van der Waals surface area contributed by atoms with Gasteiger partial charge in [-0.05, 0) is 54.7 Å². The smallest absolute Gasteiger partial charge is 0.227 e. The van der Waals surface area contributed by atoms with Crippen molar-refractivity contribution in [1.82, 2.24) is 10.6 Å². The summed E-state index contributed by atoms with van der Waals surface area (Å²) >= 11 is 0. The predicted molar refractivity (Wildman–Crippen MR) is 126 cm³/mol. The zero-order valence-electron chi connectivity index (χ0n) is 16.8. The monoisotopic (exact) mass is 510 g/mol. The van der Waals surface area contributed by atoms with E-state index in [9.17, 15) is 9.18 Å². The van der Waals surface area contributed by atoms with E-state index < -0.39 is 0 Å². The van der Waals surface area contributed by atoms with E-state index in [0.29, 0.717) is 24.6 Å². The molecule has 3 N–H and O–H groups in total. The minimum atomic E-state index is -0.199. The standard InChI is InChI=1S/C22H27FN4O.HI/c1-15-11-17(9-10-20(15)23)14-26-22(24-2)25-13-16-5-3-8-19(12-16)27-21(28)18-6-4-7-18;/h3,5,8-12,18H,4,6-7,13-14H2,1-2H3,(H,27,28)(H2,24,25,26);1H. The average Bonchev–Trinajstić information content (AvgIpc) is 2.63. The van der Waals surface area contributed by atoms with Crippen LogP contribution in [0.15, 0.2) is 47.5 Å². The molecule has 2 aromatic carbocycles. The van der Waals surface area contributed by atoms with Crippen LogP contribution in [0.25, 0.3) is 0 Å². The summed E-state index contributed by atoms with van der Waals surface area (Å²) in [5, 5.41) is 9.49. The number of carbonyl (C=O) groups is 1. The maximum absolute atomic E-state index is 13.4. The van der Waals surface area contributed by atoms with E-state index in [4.69, 9.17) is 0 Å². The lowest BCUT2D eigenvalue weighted by atomic mass is 9.85. The molecule has 1 amide bonds. The lowest BCUT2D eigenvalue weighted by molar-refractivity contribution is -0.122. The van der Waals surface area contributed by atoms with Gasteiger partial charge in [-0.1, -0.05) is 30.7 Å². The minimum absolute atomic E-state index is 0. The van der Waals surface area contributed by atoms with Gasteiger partial charge in [0.05, 0.1) is 0 Å². The number of anilines is 1. The van der Waals surface area contributed by atoms with Gasteiger partial charge < -0.3 is 16.0 Å². The second-order valence-electron chi connectivity index (χ2n) is 7.18. The summed E-state index contributed by atoms with van der Waals surface area (Å²) in [4.78, 5) is 16.3. The molecule has 0 saturated heterocycles. The molecule has 29 heavy (non-hydrogen) atoms. The second kappa shape index (κ2) is 11.1. The normalized spacial score (nSPS) is 13.8. The number of rotatable bonds is 6. The molecule has 2 aromatic rings. The molecule has 1 fully saturated rings. The van der Waals surface area contributed by atoms with E-state index in [2.05, 4.69) is 20.9 Å². The molecule has 0 aliphatic heterocycles. The summed E-state index contributed by atoms with van der Waals surface area (Å²) in [6, 6.07) is 12.9. The first-order valence-corrected chi connectivity index (χ1v) is 9.64. The Labute approximate surface area is 188 Å². The number of aryl methyl sites for hydroxylation is 1. The number of hydrogen-bond acceptors (Lipinski definition) is 2. The summed E-state index contributed by atoms with van der Waals surface area (Å²) in [6.07, 6.45) is 3.12. The summed E-state index contributed by atoms with van der Waals surface area (Å²) in [7, 11) is 1.71. The van der Waals surface area contributed by atoms with Crippen molar-refractivity contribution >= 4 is 41.5 Å². The molecule has 3 rings (SSSR count).